The Morgan fingerprint density at radius 1 is 1.47 bits per heavy atom. The second-order valence-corrected chi connectivity index (χ2v) is 4.59. The van der Waals surface area contributed by atoms with Crippen LogP contribution >= 0.6 is 15.9 Å². The van der Waals surface area contributed by atoms with Crippen molar-refractivity contribution in [1.29, 1.82) is 0 Å². The molecule has 0 aliphatic heterocycles. The van der Waals surface area contributed by atoms with Gasteiger partial charge < -0.3 is 9.84 Å². The molecular weight excluding hydrogens is 284 g/mol. The van der Waals surface area contributed by atoms with Crippen LogP contribution < -0.4 is 4.74 Å². The average Bonchev–Trinajstić information content (AvgIpc) is 2.75. The Morgan fingerprint density at radius 3 is 2.94 bits per heavy atom. The van der Waals surface area contributed by atoms with Gasteiger partial charge in [0.15, 0.2) is 5.75 Å². The van der Waals surface area contributed by atoms with E-state index in [9.17, 15) is 0 Å². The van der Waals surface area contributed by atoms with Gasteiger partial charge in [-0.2, -0.15) is 5.10 Å². The van der Waals surface area contributed by atoms with E-state index >= 15 is 0 Å². The van der Waals surface area contributed by atoms with Gasteiger partial charge in [-0.15, -0.1) is 0 Å². The molecule has 1 aromatic carbocycles. The first kappa shape index (κ1) is 12.1. The third-order valence-electron chi connectivity index (χ3n) is 2.15. The van der Waals surface area contributed by atoms with Crippen LogP contribution in [0.3, 0.4) is 0 Å². The molecule has 90 valence electrons. The van der Waals surface area contributed by atoms with Crippen molar-refractivity contribution in [2.75, 3.05) is 6.61 Å². The van der Waals surface area contributed by atoms with Gasteiger partial charge in [-0.05, 0) is 35.0 Å². The fraction of sp³-hybridized carbons (Fsp3) is 0.250. The highest BCUT2D eigenvalue weighted by atomic mass is 79.9. The van der Waals surface area contributed by atoms with Gasteiger partial charge in [-0.25, -0.2) is 4.68 Å². The van der Waals surface area contributed by atoms with Gasteiger partial charge in [0.05, 0.1) is 24.2 Å². The summed E-state index contributed by atoms with van der Waals surface area (Å²) in [7, 11) is 0. The Labute approximate surface area is 108 Å². The lowest BCUT2D eigenvalue weighted by Crippen LogP contribution is -2.12. The van der Waals surface area contributed by atoms with Crippen LogP contribution in [0.25, 0.3) is 5.69 Å². The molecule has 0 bridgehead atoms. The molecule has 0 amide bonds. The lowest BCUT2D eigenvalue weighted by Gasteiger charge is -2.05. The Balaban J connectivity index is 2.16. The summed E-state index contributed by atoms with van der Waals surface area (Å²) >= 11 is 3.46. The highest BCUT2D eigenvalue weighted by Gasteiger charge is 2.05. The van der Waals surface area contributed by atoms with Gasteiger partial charge in [0.1, 0.15) is 6.61 Å². The third-order valence-corrected chi connectivity index (χ3v) is 2.82. The first-order valence-electron chi connectivity index (χ1n) is 5.27. The van der Waals surface area contributed by atoms with Gasteiger partial charge in [0, 0.05) is 4.47 Å². The van der Waals surface area contributed by atoms with Gasteiger partial charge in [-0.1, -0.05) is 12.1 Å². The maximum atomic E-state index is 9.12. The van der Waals surface area contributed by atoms with E-state index in [1.165, 1.54) is 0 Å². The smallest absolute Gasteiger partial charge is 0.157 e. The second kappa shape index (κ2) is 5.33. The topological polar surface area (TPSA) is 47.3 Å². The lowest BCUT2D eigenvalue weighted by atomic mass is 10.3. The molecule has 0 aliphatic rings. The number of benzene rings is 1. The number of halogens is 1. The fourth-order valence-corrected chi connectivity index (χ4v) is 1.83. The van der Waals surface area contributed by atoms with Gasteiger partial charge in [-0.3, -0.25) is 0 Å². The molecule has 0 aliphatic carbocycles. The van der Waals surface area contributed by atoms with E-state index < -0.39 is 6.10 Å². The first-order chi connectivity index (χ1) is 8.16. The number of hydrogen-bond acceptors (Lipinski definition) is 3. The summed E-state index contributed by atoms with van der Waals surface area (Å²) in [6, 6.07) is 7.79. The van der Waals surface area contributed by atoms with Gasteiger partial charge >= 0.3 is 0 Å². The molecule has 0 spiro atoms. The van der Waals surface area contributed by atoms with Crippen LogP contribution in [0.15, 0.2) is 41.1 Å². The summed E-state index contributed by atoms with van der Waals surface area (Å²) in [5.41, 5.74) is 0.944. The molecule has 2 aromatic rings. The average molecular weight is 297 g/mol. The molecule has 1 aromatic heterocycles. The highest BCUT2D eigenvalue weighted by molar-refractivity contribution is 9.10. The van der Waals surface area contributed by atoms with Crippen LogP contribution in [-0.2, 0) is 0 Å². The number of para-hydroxylation sites is 1. The highest BCUT2D eigenvalue weighted by Crippen LogP contribution is 2.21. The minimum Gasteiger partial charge on any atom is -0.488 e. The van der Waals surface area contributed by atoms with Crippen molar-refractivity contribution in [3.63, 3.8) is 0 Å². The predicted molar refractivity (Wildman–Crippen MR) is 68.4 cm³/mol. The zero-order valence-electron chi connectivity index (χ0n) is 9.38. The molecule has 0 saturated heterocycles. The normalized spacial score (nSPS) is 12.4. The van der Waals surface area contributed by atoms with E-state index in [0.717, 1.165) is 10.2 Å². The molecule has 1 atom stereocenters. The van der Waals surface area contributed by atoms with Crippen LogP contribution in [0.5, 0.6) is 5.75 Å². The quantitative estimate of drug-likeness (QED) is 0.942. The van der Waals surface area contributed by atoms with Crippen molar-refractivity contribution in [1.82, 2.24) is 9.78 Å². The Hall–Kier alpha value is -1.33. The summed E-state index contributed by atoms with van der Waals surface area (Å²) < 4.78 is 8.05. The number of aliphatic hydroxyl groups excluding tert-OH is 1. The zero-order chi connectivity index (χ0) is 12.3. The van der Waals surface area contributed by atoms with E-state index in [2.05, 4.69) is 21.0 Å². The van der Waals surface area contributed by atoms with Crippen molar-refractivity contribution in [3.8, 4) is 11.4 Å². The number of aliphatic hydroxyl groups is 1. The summed E-state index contributed by atoms with van der Waals surface area (Å²) in [5, 5.41) is 13.3. The Bertz CT molecular complexity index is 497. The minimum atomic E-state index is -0.484. The van der Waals surface area contributed by atoms with Crippen LogP contribution in [0.1, 0.15) is 6.92 Å². The summed E-state index contributed by atoms with van der Waals surface area (Å²) in [6.07, 6.45) is 2.92. The number of rotatable bonds is 4. The summed E-state index contributed by atoms with van der Waals surface area (Å²) in [6.45, 7) is 1.94. The standard InChI is InChI=1S/C12H13BrN2O2/c1-9(16)8-17-10-6-14-15(7-10)12-5-3-2-4-11(12)13/h2-7,9,16H,8H2,1H3. The maximum absolute atomic E-state index is 9.12. The molecule has 4 nitrogen and oxygen atoms in total. The van der Waals surface area contributed by atoms with Crippen LogP contribution in [0.4, 0.5) is 0 Å². The molecule has 2 rings (SSSR count). The molecular formula is C12H13BrN2O2. The number of hydrogen-bond donors (Lipinski definition) is 1. The predicted octanol–water partition coefficient (Wildman–Crippen LogP) is 2.39. The lowest BCUT2D eigenvalue weighted by molar-refractivity contribution is 0.122. The molecule has 0 saturated carbocycles. The fourth-order valence-electron chi connectivity index (χ4n) is 1.37. The maximum Gasteiger partial charge on any atom is 0.157 e. The van der Waals surface area contributed by atoms with Crippen molar-refractivity contribution < 1.29 is 9.84 Å². The van der Waals surface area contributed by atoms with E-state index in [-0.39, 0.29) is 6.61 Å². The monoisotopic (exact) mass is 296 g/mol. The zero-order valence-corrected chi connectivity index (χ0v) is 11.0. The van der Waals surface area contributed by atoms with E-state index in [1.54, 1.807) is 24.0 Å². The van der Waals surface area contributed by atoms with Crippen LogP contribution in [0.2, 0.25) is 0 Å². The summed E-state index contributed by atoms with van der Waals surface area (Å²) in [4.78, 5) is 0. The first-order valence-corrected chi connectivity index (χ1v) is 6.06. The third kappa shape index (κ3) is 3.08. The molecule has 17 heavy (non-hydrogen) atoms. The van der Waals surface area contributed by atoms with Gasteiger partial charge in [0.25, 0.3) is 0 Å². The van der Waals surface area contributed by atoms with E-state index in [0.29, 0.717) is 5.75 Å². The number of aromatic nitrogens is 2. The second-order valence-electron chi connectivity index (χ2n) is 3.73. The van der Waals surface area contributed by atoms with E-state index in [1.807, 2.05) is 24.3 Å². The van der Waals surface area contributed by atoms with Crippen molar-refractivity contribution in [3.05, 3.63) is 41.1 Å². The van der Waals surface area contributed by atoms with Crippen LogP contribution in [0, 0.1) is 0 Å². The SMILES string of the molecule is CC(O)COc1cnn(-c2ccccc2Br)c1. The Kier molecular flexibility index (Phi) is 3.81. The molecule has 0 fully saturated rings. The minimum absolute atomic E-state index is 0.266. The Morgan fingerprint density at radius 2 is 2.24 bits per heavy atom. The van der Waals surface area contributed by atoms with Crippen molar-refractivity contribution in [2.45, 2.75) is 13.0 Å². The molecule has 1 N–H and O–H groups in total. The van der Waals surface area contributed by atoms with Gasteiger partial charge in [0.2, 0.25) is 0 Å². The largest absolute Gasteiger partial charge is 0.488 e. The van der Waals surface area contributed by atoms with Crippen LogP contribution in [-0.4, -0.2) is 27.6 Å². The van der Waals surface area contributed by atoms with Crippen molar-refractivity contribution >= 4 is 15.9 Å². The van der Waals surface area contributed by atoms with E-state index in [4.69, 9.17) is 9.84 Å². The molecule has 1 unspecified atom stereocenters. The number of ether oxygens (including phenoxy) is 1. The molecule has 5 heteroatoms. The number of nitrogens with zero attached hydrogens (tertiary/aromatic N) is 2. The molecule has 1 heterocycles. The molecule has 0 radical (unpaired) electrons. The summed E-state index contributed by atoms with van der Waals surface area (Å²) in [5.74, 6) is 0.640. The van der Waals surface area contributed by atoms with Crippen molar-refractivity contribution in [2.24, 2.45) is 0 Å².